The predicted octanol–water partition coefficient (Wildman–Crippen LogP) is 2.96. The lowest BCUT2D eigenvalue weighted by Gasteiger charge is -2.24. The average molecular weight is 308 g/mol. The number of thioether (sulfide) groups is 1. The van der Waals surface area contributed by atoms with Gasteiger partial charge in [0, 0.05) is 10.9 Å². The molecule has 0 aromatic heterocycles. The molecular weight excluding hydrogens is 293 g/mol. The molecule has 1 aromatic carbocycles. The van der Waals surface area contributed by atoms with Gasteiger partial charge in [0.15, 0.2) is 5.78 Å². The van der Waals surface area contributed by atoms with E-state index < -0.39 is 0 Å². The normalized spacial score (nSPS) is 18.0. The summed E-state index contributed by atoms with van der Waals surface area (Å²) in [6.07, 6.45) is 0. The van der Waals surface area contributed by atoms with Gasteiger partial charge in [-0.2, -0.15) is 0 Å². The van der Waals surface area contributed by atoms with Crippen LogP contribution in [0.25, 0.3) is 0 Å². The lowest BCUT2D eigenvalue weighted by atomic mass is 10.1. The third-order valence-corrected chi connectivity index (χ3v) is 4.08. The van der Waals surface area contributed by atoms with Crippen LogP contribution in [0.1, 0.15) is 10.4 Å². The number of halogens is 2. The summed E-state index contributed by atoms with van der Waals surface area (Å²) < 4.78 is 5.57. The number of ketones is 1. The minimum Gasteiger partial charge on any atom is -0.491 e. The van der Waals surface area contributed by atoms with Gasteiger partial charge in [-0.05, 0) is 32.3 Å². The molecule has 100 valence electrons. The van der Waals surface area contributed by atoms with Gasteiger partial charge in [0.2, 0.25) is 0 Å². The zero-order chi connectivity index (χ0) is 12.4. The Balaban J connectivity index is 0.00000162. The fraction of sp³-hybridized carbons (Fsp3) is 0.417. The second kappa shape index (κ2) is 6.66. The van der Waals surface area contributed by atoms with E-state index in [-0.39, 0.29) is 23.4 Å². The average Bonchev–Trinajstić information content (AvgIpc) is 2.29. The number of hydrogen-bond acceptors (Lipinski definition) is 4. The van der Waals surface area contributed by atoms with Gasteiger partial charge in [0.1, 0.15) is 17.6 Å². The molecule has 1 aliphatic rings. The van der Waals surface area contributed by atoms with Crippen molar-refractivity contribution in [2.24, 2.45) is 0 Å². The minimum absolute atomic E-state index is 0. The van der Waals surface area contributed by atoms with Crippen molar-refractivity contribution in [2.75, 3.05) is 26.6 Å². The molecular formula is C12H15Cl2NO2S. The Morgan fingerprint density at radius 3 is 2.89 bits per heavy atom. The Morgan fingerprint density at radius 1 is 1.50 bits per heavy atom. The third-order valence-electron chi connectivity index (χ3n) is 2.42. The van der Waals surface area contributed by atoms with Crippen LogP contribution in [0.15, 0.2) is 18.2 Å². The first-order valence-corrected chi connectivity index (χ1v) is 6.73. The Morgan fingerprint density at radius 2 is 2.22 bits per heavy atom. The highest BCUT2D eigenvalue weighted by atomic mass is 35.5. The van der Waals surface area contributed by atoms with Gasteiger partial charge in [-0.1, -0.05) is 11.6 Å². The highest BCUT2D eigenvalue weighted by molar-refractivity contribution is 8.00. The molecule has 0 bridgehead atoms. The highest BCUT2D eigenvalue weighted by Gasteiger charge is 2.29. The topological polar surface area (TPSA) is 29.5 Å². The number of benzene rings is 1. The summed E-state index contributed by atoms with van der Waals surface area (Å²) >= 11 is 7.49. The molecule has 0 spiro atoms. The molecule has 0 saturated heterocycles. The Labute approximate surface area is 122 Å². The molecule has 0 N–H and O–H groups in total. The summed E-state index contributed by atoms with van der Waals surface area (Å²) in [5.74, 6) is 1.55. The maximum Gasteiger partial charge on any atom is 0.183 e. The van der Waals surface area contributed by atoms with Gasteiger partial charge in [0.25, 0.3) is 0 Å². The molecule has 1 heterocycles. The first-order valence-electron chi connectivity index (χ1n) is 5.31. The minimum atomic E-state index is -0.136. The van der Waals surface area contributed by atoms with Crippen molar-refractivity contribution in [1.82, 2.24) is 4.90 Å². The number of nitrogens with zero attached hydrogens (tertiary/aromatic N) is 1. The second-order valence-corrected chi connectivity index (χ2v) is 5.78. The molecule has 0 aliphatic carbocycles. The maximum atomic E-state index is 12.2. The van der Waals surface area contributed by atoms with E-state index in [2.05, 4.69) is 0 Å². The number of hydrogen-bond donors (Lipinski definition) is 0. The number of fused-ring (bicyclic) bond motifs is 1. The van der Waals surface area contributed by atoms with Crippen LogP contribution in [0.4, 0.5) is 0 Å². The van der Waals surface area contributed by atoms with Crippen molar-refractivity contribution in [3.8, 4) is 5.75 Å². The quantitative estimate of drug-likeness (QED) is 0.803. The zero-order valence-electron chi connectivity index (χ0n) is 10.2. The van der Waals surface area contributed by atoms with E-state index >= 15 is 0 Å². The van der Waals surface area contributed by atoms with E-state index in [0.717, 1.165) is 5.88 Å². The van der Waals surface area contributed by atoms with Crippen LogP contribution in [0.2, 0.25) is 5.02 Å². The number of Topliss-reactive ketones (excluding diaryl/α,β-unsaturated/α-hetero) is 1. The van der Waals surface area contributed by atoms with Crippen molar-refractivity contribution in [1.29, 1.82) is 0 Å². The van der Waals surface area contributed by atoms with Gasteiger partial charge >= 0.3 is 0 Å². The van der Waals surface area contributed by atoms with Crippen LogP contribution in [-0.4, -0.2) is 42.5 Å². The molecule has 2 rings (SSSR count). The fourth-order valence-electron chi connectivity index (χ4n) is 1.60. The van der Waals surface area contributed by atoms with Crippen LogP contribution >= 0.6 is 35.8 Å². The second-order valence-electron chi connectivity index (χ2n) is 4.18. The maximum absolute atomic E-state index is 12.2. The van der Waals surface area contributed by atoms with Crippen molar-refractivity contribution < 1.29 is 9.53 Å². The number of rotatable bonds is 3. The number of carbonyl (C=O) groups excluding carboxylic acids is 1. The van der Waals surface area contributed by atoms with E-state index in [0.29, 0.717) is 22.9 Å². The van der Waals surface area contributed by atoms with Gasteiger partial charge in [-0.25, -0.2) is 0 Å². The summed E-state index contributed by atoms with van der Waals surface area (Å²) in [7, 11) is 3.96. The SMILES string of the molecule is CN(C)CSC1COc2ccc(Cl)cc2C1=O.Cl. The van der Waals surface area contributed by atoms with Crippen molar-refractivity contribution in [2.45, 2.75) is 5.25 Å². The Bertz CT molecular complexity index is 440. The molecule has 18 heavy (non-hydrogen) atoms. The van der Waals surface area contributed by atoms with E-state index in [1.54, 1.807) is 30.0 Å². The van der Waals surface area contributed by atoms with Crippen LogP contribution < -0.4 is 4.74 Å². The van der Waals surface area contributed by atoms with Crippen molar-refractivity contribution >= 4 is 41.6 Å². The lowest BCUT2D eigenvalue weighted by Crippen LogP contribution is -2.31. The summed E-state index contributed by atoms with van der Waals surface area (Å²) in [6.45, 7) is 0.436. The molecule has 3 nitrogen and oxygen atoms in total. The van der Waals surface area contributed by atoms with Gasteiger partial charge in [-0.3, -0.25) is 4.79 Å². The van der Waals surface area contributed by atoms with Gasteiger partial charge in [-0.15, -0.1) is 24.2 Å². The molecule has 6 heteroatoms. The molecule has 1 unspecified atom stereocenters. The molecule has 1 atom stereocenters. The summed E-state index contributed by atoms with van der Waals surface area (Å²) in [6, 6.07) is 5.17. The molecule has 0 radical (unpaired) electrons. The number of ether oxygens (including phenoxy) is 1. The standard InChI is InChI=1S/C12H14ClNO2S.ClH/c1-14(2)7-17-11-6-16-10-4-3-8(13)5-9(10)12(11)15;/h3-5,11H,6-7H2,1-2H3;1H. The molecule has 1 aliphatic heterocycles. The van der Waals surface area contributed by atoms with Crippen LogP contribution in [-0.2, 0) is 0 Å². The summed E-state index contributed by atoms with van der Waals surface area (Å²) in [5.41, 5.74) is 0.597. The van der Waals surface area contributed by atoms with E-state index in [9.17, 15) is 4.79 Å². The van der Waals surface area contributed by atoms with E-state index in [1.807, 2.05) is 19.0 Å². The molecule has 0 fully saturated rings. The van der Waals surface area contributed by atoms with Crippen LogP contribution in [0.3, 0.4) is 0 Å². The summed E-state index contributed by atoms with van der Waals surface area (Å²) in [4.78, 5) is 14.2. The van der Waals surface area contributed by atoms with E-state index in [4.69, 9.17) is 16.3 Å². The lowest BCUT2D eigenvalue weighted by molar-refractivity contribution is 0.0943. The Hall–Kier alpha value is -0.420. The van der Waals surface area contributed by atoms with Gasteiger partial charge < -0.3 is 9.64 Å². The molecule has 0 amide bonds. The van der Waals surface area contributed by atoms with Crippen molar-refractivity contribution in [3.05, 3.63) is 28.8 Å². The molecule has 0 saturated carbocycles. The van der Waals surface area contributed by atoms with E-state index in [1.165, 1.54) is 0 Å². The van der Waals surface area contributed by atoms with Gasteiger partial charge in [0.05, 0.1) is 5.56 Å². The molecule has 1 aromatic rings. The number of carbonyl (C=O) groups is 1. The summed E-state index contributed by atoms with van der Waals surface area (Å²) in [5, 5.41) is 0.433. The first-order chi connectivity index (χ1) is 8.08. The first kappa shape index (κ1) is 15.6. The smallest absolute Gasteiger partial charge is 0.183 e. The Kier molecular flexibility index (Phi) is 5.79. The van der Waals surface area contributed by atoms with Crippen LogP contribution in [0, 0.1) is 0 Å². The fourth-order valence-corrected chi connectivity index (χ4v) is 2.69. The third kappa shape index (κ3) is 3.54. The largest absolute Gasteiger partial charge is 0.491 e. The monoisotopic (exact) mass is 307 g/mol. The highest BCUT2D eigenvalue weighted by Crippen LogP contribution is 2.31. The van der Waals surface area contributed by atoms with Crippen molar-refractivity contribution in [3.63, 3.8) is 0 Å². The van der Waals surface area contributed by atoms with Crippen LogP contribution in [0.5, 0.6) is 5.75 Å². The zero-order valence-corrected chi connectivity index (χ0v) is 12.6. The predicted molar refractivity (Wildman–Crippen MR) is 78.5 cm³/mol.